The number of aliphatic hydroxyl groups is 1. The molecule has 2 unspecified atom stereocenters. The molecule has 4 nitrogen and oxygen atoms in total. The summed E-state index contributed by atoms with van der Waals surface area (Å²) in [4.78, 5) is 0. The van der Waals surface area contributed by atoms with E-state index in [9.17, 15) is 5.11 Å². The number of hydrogen-bond donors (Lipinski definition) is 1. The number of methoxy groups -OCH3 is 3. The van der Waals surface area contributed by atoms with Crippen LogP contribution in [0.2, 0.25) is 0 Å². The number of aliphatic hydroxyl groups excluding tert-OH is 1. The molecule has 0 aliphatic rings. The Morgan fingerprint density at radius 2 is 1.68 bits per heavy atom. The Morgan fingerprint density at radius 1 is 1.05 bits per heavy atom. The zero-order valence-corrected chi connectivity index (χ0v) is 12.4. The van der Waals surface area contributed by atoms with Crippen LogP contribution in [0.25, 0.3) is 0 Å². The summed E-state index contributed by atoms with van der Waals surface area (Å²) in [6, 6.07) is 3.61. The van der Waals surface area contributed by atoms with Gasteiger partial charge >= 0.3 is 0 Å². The lowest BCUT2D eigenvalue weighted by Gasteiger charge is -2.20. The predicted molar refractivity (Wildman–Crippen MR) is 75.1 cm³/mol. The molecular formula is C15H24O4. The zero-order valence-electron chi connectivity index (χ0n) is 12.4. The van der Waals surface area contributed by atoms with Crippen molar-refractivity contribution in [2.75, 3.05) is 21.3 Å². The Bertz CT molecular complexity index is 403. The van der Waals surface area contributed by atoms with Crippen LogP contribution in [0, 0.1) is 5.92 Å². The monoisotopic (exact) mass is 268 g/mol. The van der Waals surface area contributed by atoms with Gasteiger partial charge < -0.3 is 19.3 Å². The predicted octanol–water partition coefficient (Wildman–Crippen LogP) is 3.18. The summed E-state index contributed by atoms with van der Waals surface area (Å²) in [6.07, 6.45) is 1.17. The molecule has 0 fully saturated rings. The lowest BCUT2D eigenvalue weighted by molar-refractivity contribution is 0.142. The normalized spacial score (nSPS) is 13.8. The van der Waals surface area contributed by atoms with Crippen molar-refractivity contribution in [3.63, 3.8) is 0 Å². The van der Waals surface area contributed by atoms with Crippen LogP contribution >= 0.6 is 0 Å². The van der Waals surface area contributed by atoms with Crippen LogP contribution < -0.4 is 14.2 Å². The Hall–Kier alpha value is -1.42. The zero-order chi connectivity index (χ0) is 14.4. The maximum absolute atomic E-state index is 10.3. The summed E-state index contributed by atoms with van der Waals surface area (Å²) < 4.78 is 15.9. The first-order valence-corrected chi connectivity index (χ1v) is 6.55. The highest BCUT2D eigenvalue weighted by molar-refractivity contribution is 5.56. The van der Waals surface area contributed by atoms with E-state index in [1.807, 2.05) is 6.07 Å². The molecule has 0 heterocycles. The third-order valence-corrected chi connectivity index (χ3v) is 3.42. The van der Waals surface area contributed by atoms with Gasteiger partial charge in [0.05, 0.1) is 27.4 Å². The van der Waals surface area contributed by atoms with Crippen molar-refractivity contribution in [3.05, 3.63) is 17.7 Å². The van der Waals surface area contributed by atoms with Crippen LogP contribution in [0.3, 0.4) is 0 Å². The van der Waals surface area contributed by atoms with Crippen molar-refractivity contribution in [2.24, 2.45) is 5.92 Å². The van der Waals surface area contributed by atoms with Crippen molar-refractivity contribution in [2.45, 2.75) is 32.8 Å². The average molecular weight is 268 g/mol. The van der Waals surface area contributed by atoms with E-state index in [2.05, 4.69) is 13.8 Å². The van der Waals surface area contributed by atoms with E-state index in [0.717, 1.165) is 12.0 Å². The van der Waals surface area contributed by atoms with Gasteiger partial charge in [0, 0.05) is 5.56 Å². The average Bonchev–Trinajstić information content (AvgIpc) is 2.44. The molecule has 1 rings (SSSR count). The number of hydrogen-bond acceptors (Lipinski definition) is 4. The van der Waals surface area contributed by atoms with E-state index in [-0.39, 0.29) is 0 Å². The molecule has 0 aliphatic carbocycles. The largest absolute Gasteiger partial charge is 0.493 e. The van der Waals surface area contributed by atoms with Gasteiger partial charge in [-0.15, -0.1) is 0 Å². The smallest absolute Gasteiger partial charge is 0.203 e. The van der Waals surface area contributed by atoms with Gasteiger partial charge in [-0.05, 0) is 24.5 Å². The summed E-state index contributed by atoms with van der Waals surface area (Å²) in [5.74, 6) is 2.11. The number of benzene rings is 1. The van der Waals surface area contributed by atoms with E-state index in [0.29, 0.717) is 29.6 Å². The van der Waals surface area contributed by atoms with Crippen LogP contribution in [-0.2, 0) is 0 Å². The van der Waals surface area contributed by atoms with Gasteiger partial charge in [0.2, 0.25) is 5.75 Å². The van der Waals surface area contributed by atoms with Crippen molar-refractivity contribution >= 4 is 0 Å². The molecule has 19 heavy (non-hydrogen) atoms. The van der Waals surface area contributed by atoms with E-state index >= 15 is 0 Å². The second kappa shape index (κ2) is 7.24. The fourth-order valence-corrected chi connectivity index (χ4v) is 2.06. The Labute approximate surface area is 115 Å². The molecule has 0 spiro atoms. The van der Waals surface area contributed by atoms with Gasteiger partial charge in [0.1, 0.15) is 0 Å². The van der Waals surface area contributed by atoms with Gasteiger partial charge in [-0.25, -0.2) is 0 Å². The maximum Gasteiger partial charge on any atom is 0.203 e. The second-order valence-corrected chi connectivity index (χ2v) is 4.69. The SMILES string of the molecule is CCC(C)CC(O)c1ccc(OC)c(OC)c1OC. The lowest BCUT2D eigenvalue weighted by atomic mass is 9.95. The second-order valence-electron chi connectivity index (χ2n) is 4.69. The van der Waals surface area contributed by atoms with Gasteiger partial charge in [-0.1, -0.05) is 20.3 Å². The molecule has 0 bridgehead atoms. The molecule has 0 radical (unpaired) electrons. The fourth-order valence-electron chi connectivity index (χ4n) is 2.06. The van der Waals surface area contributed by atoms with E-state index in [4.69, 9.17) is 14.2 Å². The maximum atomic E-state index is 10.3. The molecule has 0 aliphatic heterocycles. The van der Waals surface area contributed by atoms with Gasteiger partial charge in [0.15, 0.2) is 11.5 Å². The third kappa shape index (κ3) is 3.53. The highest BCUT2D eigenvalue weighted by Gasteiger charge is 2.21. The summed E-state index contributed by atoms with van der Waals surface area (Å²) in [5, 5.41) is 10.3. The Morgan fingerprint density at radius 3 is 2.16 bits per heavy atom. The third-order valence-electron chi connectivity index (χ3n) is 3.42. The molecule has 0 saturated carbocycles. The quantitative estimate of drug-likeness (QED) is 0.825. The molecule has 1 N–H and O–H groups in total. The molecule has 1 aromatic carbocycles. The summed E-state index contributed by atoms with van der Waals surface area (Å²) in [6.45, 7) is 4.24. The minimum absolute atomic E-state index is 0.452. The van der Waals surface area contributed by atoms with Crippen molar-refractivity contribution < 1.29 is 19.3 Å². The number of ether oxygens (including phenoxy) is 3. The standard InChI is InChI=1S/C15H24O4/c1-6-10(2)9-12(16)11-7-8-13(17-3)15(19-5)14(11)18-4/h7-8,10,12,16H,6,9H2,1-5H3. The van der Waals surface area contributed by atoms with Crippen LogP contribution in [0.4, 0.5) is 0 Å². The lowest BCUT2D eigenvalue weighted by Crippen LogP contribution is -2.07. The van der Waals surface area contributed by atoms with E-state index in [1.165, 1.54) is 0 Å². The minimum Gasteiger partial charge on any atom is -0.493 e. The molecule has 4 heteroatoms. The van der Waals surface area contributed by atoms with E-state index < -0.39 is 6.10 Å². The highest BCUT2D eigenvalue weighted by atomic mass is 16.5. The van der Waals surface area contributed by atoms with Gasteiger partial charge in [0.25, 0.3) is 0 Å². The molecule has 0 aromatic heterocycles. The molecule has 0 amide bonds. The summed E-state index contributed by atoms with van der Waals surface area (Å²) in [5.41, 5.74) is 0.737. The first kappa shape index (κ1) is 15.6. The van der Waals surface area contributed by atoms with Crippen LogP contribution in [0.5, 0.6) is 17.2 Å². The molecule has 108 valence electrons. The first-order chi connectivity index (χ1) is 9.08. The van der Waals surface area contributed by atoms with E-state index in [1.54, 1.807) is 27.4 Å². The van der Waals surface area contributed by atoms with Crippen molar-refractivity contribution in [3.8, 4) is 17.2 Å². The van der Waals surface area contributed by atoms with Gasteiger partial charge in [-0.3, -0.25) is 0 Å². The molecule has 2 atom stereocenters. The van der Waals surface area contributed by atoms with Crippen LogP contribution in [-0.4, -0.2) is 26.4 Å². The topological polar surface area (TPSA) is 47.9 Å². The van der Waals surface area contributed by atoms with Crippen LogP contribution in [0.15, 0.2) is 12.1 Å². The molecule has 1 aromatic rings. The summed E-state index contributed by atoms with van der Waals surface area (Å²) in [7, 11) is 4.70. The van der Waals surface area contributed by atoms with Crippen molar-refractivity contribution in [1.29, 1.82) is 0 Å². The Kier molecular flexibility index (Phi) is 5.96. The molecule has 0 saturated heterocycles. The highest BCUT2D eigenvalue weighted by Crippen LogP contribution is 2.43. The van der Waals surface area contributed by atoms with Crippen molar-refractivity contribution in [1.82, 2.24) is 0 Å². The van der Waals surface area contributed by atoms with Gasteiger partial charge in [-0.2, -0.15) is 0 Å². The minimum atomic E-state index is -0.565. The number of rotatable bonds is 7. The molecular weight excluding hydrogens is 244 g/mol. The first-order valence-electron chi connectivity index (χ1n) is 6.55. The Balaban J connectivity index is 3.13. The fraction of sp³-hybridized carbons (Fsp3) is 0.600. The summed E-state index contributed by atoms with van der Waals surface area (Å²) >= 11 is 0. The van der Waals surface area contributed by atoms with Crippen LogP contribution in [0.1, 0.15) is 38.4 Å².